The molecule has 0 aliphatic heterocycles. The second-order valence-electron chi connectivity index (χ2n) is 3.37. The molecule has 2 aromatic rings. The number of halogens is 2. The lowest BCUT2D eigenvalue weighted by atomic mass is 10.2. The Kier molecular flexibility index (Phi) is 3.66. The summed E-state index contributed by atoms with van der Waals surface area (Å²) in [6.07, 6.45) is 3.12. The van der Waals surface area contributed by atoms with Gasteiger partial charge in [-0.05, 0) is 6.07 Å². The van der Waals surface area contributed by atoms with E-state index < -0.39 is 0 Å². The molecule has 2 rings (SSSR count). The third-order valence-corrected chi connectivity index (χ3v) is 3.63. The predicted octanol–water partition coefficient (Wildman–Crippen LogP) is 3.10. The molecule has 0 unspecified atom stereocenters. The number of carbonyl (C=O) groups excluding carboxylic acids is 1. The number of Topliss-reactive ketones (excluding diaryl/α,β-unsaturated/α-hetero) is 1. The van der Waals surface area contributed by atoms with E-state index in [1.165, 1.54) is 12.1 Å². The molecule has 6 heteroatoms. The Morgan fingerprint density at radius 2 is 1.94 bits per heavy atom. The molecule has 0 amide bonds. The van der Waals surface area contributed by atoms with E-state index >= 15 is 0 Å². The van der Waals surface area contributed by atoms with Crippen LogP contribution < -0.4 is 5.43 Å². The van der Waals surface area contributed by atoms with Crippen LogP contribution in [0.25, 0.3) is 0 Å². The molecule has 88 valence electrons. The van der Waals surface area contributed by atoms with Gasteiger partial charge in [0.25, 0.3) is 0 Å². The molecular formula is C11H7Cl2NO2S. The average molecular weight is 288 g/mol. The van der Waals surface area contributed by atoms with Gasteiger partial charge in [0, 0.05) is 24.5 Å². The second kappa shape index (κ2) is 5.04. The normalized spacial score (nSPS) is 10.5. The van der Waals surface area contributed by atoms with Crippen LogP contribution in [-0.2, 0) is 6.54 Å². The first-order valence-electron chi connectivity index (χ1n) is 4.70. The van der Waals surface area contributed by atoms with Crippen LogP contribution in [0, 0.1) is 0 Å². The summed E-state index contributed by atoms with van der Waals surface area (Å²) in [5, 5.41) is 0. The standard InChI is InChI=1S/C11H7Cl2NO2S/c12-10-5-8(11(13)17-10)9(16)6-14-3-1-7(15)2-4-14/h1-5H,6H2. The molecule has 17 heavy (non-hydrogen) atoms. The lowest BCUT2D eigenvalue weighted by molar-refractivity contribution is 0.0972. The lowest BCUT2D eigenvalue weighted by Crippen LogP contribution is -2.11. The van der Waals surface area contributed by atoms with Gasteiger partial charge in [0.05, 0.1) is 16.4 Å². The van der Waals surface area contributed by atoms with E-state index in [0.29, 0.717) is 14.2 Å². The summed E-state index contributed by atoms with van der Waals surface area (Å²) in [5.74, 6) is -0.137. The SMILES string of the molecule is O=C(Cn1ccc(=O)cc1)c1cc(Cl)sc1Cl. The summed E-state index contributed by atoms with van der Waals surface area (Å²) in [4.78, 5) is 22.8. The number of thiophene rings is 1. The molecule has 2 heterocycles. The van der Waals surface area contributed by atoms with Gasteiger partial charge in [0.2, 0.25) is 0 Å². The van der Waals surface area contributed by atoms with Crippen molar-refractivity contribution in [1.29, 1.82) is 0 Å². The van der Waals surface area contributed by atoms with Gasteiger partial charge in [-0.25, -0.2) is 0 Å². The summed E-state index contributed by atoms with van der Waals surface area (Å²) >= 11 is 12.8. The van der Waals surface area contributed by atoms with Gasteiger partial charge in [0.15, 0.2) is 11.2 Å². The number of hydrogen-bond acceptors (Lipinski definition) is 3. The zero-order valence-corrected chi connectivity index (χ0v) is 10.9. The van der Waals surface area contributed by atoms with Gasteiger partial charge in [-0.2, -0.15) is 0 Å². The number of carbonyl (C=O) groups is 1. The maximum atomic E-state index is 11.9. The Labute approximate surface area is 111 Å². The second-order valence-corrected chi connectivity index (χ2v) is 5.65. The van der Waals surface area contributed by atoms with Crippen LogP contribution in [0.1, 0.15) is 10.4 Å². The highest BCUT2D eigenvalue weighted by Gasteiger charge is 2.14. The Balaban J connectivity index is 2.19. The monoisotopic (exact) mass is 287 g/mol. The van der Waals surface area contributed by atoms with Crippen molar-refractivity contribution in [3.8, 4) is 0 Å². The van der Waals surface area contributed by atoms with E-state index in [1.54, 1.807) is 23.0 Å². The van der Waals surface area contributed by atoms with E-state index in [2.05, 4.69) is 0 Å². The minimum atomic E-state index is -0.137. The molecule has 0 saturated carbocycles. The fraction of sp³-hybridized carbons (Fsp3) is 0.0909. The number of aromatic nitrogens is 1. The molecule has 0 aliphatic carbocycles. The number of rotatable bonds is 3. The Morgan fingerprint density at radius 1 is 1.29 bits per heavy atom. The molecule has 0 atom stereocenters. The summed E-state index contributed by atoms with van der Waals surface area (Å²) in [5.41, 5.74) is 0.325. The first-order chi connectivity index (χ1) is 8.06. The van der Waals surface area contributed by atoms with Gasteiger partial charge in [-0.3, -0.25) is 9.59 Å². The molecule has 2 aromatic heterocycles. The van der Waals surface area contributed by atoms with E-state index in [9.17, 15) is 9.59 Å². The van der Waals surface area contributed by atoms with Gasteiger partial charge < -0.3 is 4.57 Å². The third kappa shape index (κ3) is 2.97. The Hall–Kier alpha value is -1.10. The van der Waals surface area contributed by atoms with Crippen molar-refractivity contribution in [3.63, 3.8) is 0 Å². The molecular weight excluding hydrogens is 281 g/mol. The van der Waals surface area contributed by atoms with E-state index in [4.69, 9.17) is 23.2 Å². The quantitative estimate of drug-likeness (QED) is 0.814. The summed E-state index contributed by atoms with van der Waals surface area (Å²) in [6.45, 7) is 0.132. The van der Waals surface area contributed by atoms with Crippen molar-refractivity contribution in [2.45, 2.75) is 6.54 Å². The Morgan fingerprint density at radius 3 is 2.47 bits per heavy atom. The average Bonchev–Trinajstić information content (AvgIpc) is 2.61. The largest absolute Gasteiger partial charge is 0.346 e. The number of hydrogen-bond donors (Lipinski definition) is 0. The molecule has 3 nitrogen and oxygen atoms in total. The number of pyridine rings is 1. The van der Waals surface area contributed by atoms with Crippen LogP contribution in [-0.4, -0.2) is 10.4 Å². The molecule has 0 radical (unpaired) electrons. The Bertz CT molecular complexity index is 598. The molecule has 0 N–H and O–H groups in total. The van der Waals surface area contributed by atoms with Crippen molar-refractivity contribution in [2.24, 2.45) is 0 Å². The zero-order valence-electron chi connectivity index (χ0n) is 8.52. The molecule has 0 bridgehead atoms. The van der Waals surface area contributed by atoms with Crippen LogP contribution in [0.15, 0.2) is 35.4 Å². The predicted molar refractivity (Wildman–Crippen MR) is 69.4 cm³/mol. The van der Waals surface area contributed by atoms with E-state index in [1.807, 2.05) is 0 Å². The van der Waals surface area contributed by atoms with Crippen molar-refractivity contribution in [3.05, 3.63) is 55.1 Å². The highest BCUT2D eigenvalue weighted by Crippen LogP contribution is 2.31. The van der Waals surface area contributed by atoms with Crippen molar-refractivity contribution < 1.29 is 4.79 Å². The first-order valence-corrected chi connectivity index (χ1v) is 6.27. The van der Waals surface area contributed by atoms with Crippen LogP contribution >= 0.6 is 34.5 Å². The van der Waals surface area contributed by atoms with Crippen molar-refractivity contribution >= 4 is 40.3 Å². The smallest absolute Gasteiger partial charge is 0.184 e. The summed E-state index contributed by atoms with van der Waals surface area (Å²) < 4.78 is 2.49. The van der Waals surface area contributed by atoms with Gasteiger partial charge in [-0.15, -0.1) is 11.3 Å². The fourth-order valence-electron chi connectivity index (χ4n) is 1.33. The summed E-state index contributed by atoms with van der Waals surface area (Å²) in [6, 6.07) is 4.35. The van der Waals surface area contributed by atoms with Crippen LogP contribution in [0.2, 0.25) is 8.67 Å². The van der Waals surface area contributed by atoms with Gasteiger partial charge in [0.1, 0.15) is 4.34 Å². The molecule has 0 saturated heterocycles. The maximum absolute atomic E-state index is 11.9. The third-order valence-electron chi connectivity index (χ3n) is 2.14. The van der Waals surface area contributed by atoms with Crippen LogP contribution in [0.3, 0.4) is 0 Å². The van der Waals surface area contributed by atoms with Crippen LogP contribution in [0.4, 0.5) is 0 Å². The van der Waals surface area contributed by atoms with Crippen LogP contribution in [0.5, 0.6) is 0 Å². The van der Waals surface area contributed by atoms with Crippen molar-refractivity contribution in [2.75, 3.05) is 0 Å². The van der Waals surface area contributed by atoms with Gasteiger partial charge in [-0.1, -0.05) is 23.2 Å². The molecule has 0 fully saturated rings. The first kappa shape index (κ1) is 12.4. The molecule has 0 spiro atoms. The van der Waals surface area contributed by atoms with E-state index in [-0.39, 0.29) is 17.8 Å². The lowest BCUT2D eigenvalue weighted by Gasteiger charge is -2.03. The van der Waals surface area contributed by atoms with Crippen molar-refractivity contribution in [1.82, 2.24) is 4.57 Å². The zero-order chi connectivity index (χ0) is 12.4. The topological polar surface area (TPSA) is 39.1 Å². The highest BCUT2D eigenvalue weighted by atomic mass is 35.5. The van der Waals surface area contributed by atoms with E-state index in [0.717, 1.165) is 11.3 Å². The minimum Gasteiger partial charge on any atom is -0.346 e. The molecule has 0 aromatic carbocycles. The van der Waals surface area contributed by atoms with Gasteiger partial charge >= 0.3 is 0 Å². The maximum Gasteiger partial charge on any atom is 0.184 e. The molecule has 0 aliphatic rings. The number of ketones is 1. The summed E-state index contributed by atoms with van der Waals surface area (Å²) in [7, 11) is 0. The number of nitrogens with zero attached hydrogens (tertiary/aromatic N) is 1. The fourth-order valence-corrected chi connectivity index (χ4v) is 2.83. The minimum absolute atomic E-state index is 0.0923. The highest BCUT2D eigenvalue weighted by molar-refractivity contribution is 7.20.